The van der Waals surface area contributed by atoms with E-state index in [0.717, 1.165) is 24.5 Å². The highest BCUT2D eigenvalue weighted by atomic mass is 35.5. The first-order chi connectivity index (χ1) is 21.0. The Labute approximate surface area is 256 Å². The van der Waals surface area contributed by atoms with E-state index in [0.29, 0.717) is 11.3 Å². The van der Waals surface area contributed by atoms with Gasteiger partial charge in [-0.1, -0.05) is 11.6 Å². The monoisotopic (exact) mass is 659 g/mol. The lowest BCUT2D eigenvalue weighted by atomic mass is 9.96. The fourth-order valence-electron chi connectivity index (χ4n) is 5.35. The summed E-state index contributed by atoms with van der Waals surface area (Å²) in [5.41, 5.74) is 0.780. The van der Waals surface area contributed by atoms with Crippen LogP contribution in [0.15, 0.2) is 30.6 Å². The van der Waals surface area contributed by atoms with Gasteiger partial charge in [0.1, 0.15) is 17.5 Å². The average Bonchev–Trinajstić information content (AvgIpc) is 3.34. The number of nitrogens with zero attached hydrogens (tertiary/aromatic N) is 6. The molecule has 4 heterocycles. The summed E-state index contributed by atoms with van der Waals surface area (Å²) in [4.78, 5) is 49.9. The Morgan fingerprint density at radius 1 is 1.13 bits per heavy atom. The normalized spacial score (nSPS) is 19.1. The molecule has 240 valence electrons. The smallest absolute Gasteiger partial charge is 0.404 e. The first-order valence-electron chi connectivity index (χ1n) is 13.4. The number of likely N-dealkylation sites (N-methyl/N-ethyl adjacent to an activating group) is 1. The number of carbonyl (C=O) groups is 3. The standard InChI is InChI=1S/C27H24ClF6N7O4/c1-12-6-18-16(10-39(12)23(43)14-4-5-17(28)20(7-14)45-27(32,33)34)21-24(44)40(11-19(22(42)35-3)41(21)38-18)13(2)15-8-36-25(37-9-15)26(29,30)31/h4-5,7-9,12-13,19H,6,10-11H2,1-3H3,(H,35,42)/t12-,13?,19+/m1/s1. The highest BCUT2D eigenvalue weighted by molar-refractivity contribution is 6.32. The topological polar surface area (TPSA) is 123 Å². The first-order valence-corrected chi connectivity index (χ1v) is 13.8. The number of amides is 3. The van der Waals surface area contributed by atoms with Crippen LogP contribution in [-0.2, 0) is 23.9 Å². The second-order valence-electron chi connectivity index (χ2n) is 10.5. The molecule has 0 bridgehead atoms. The zero-order chi connectivity index (χ0) is 33.0. The van der Waals surface area contributed by atoms with Crippen molar-refractivity contribution in [3.8, 4) is 5.75 Å². The molecule has 11 nitrogen and oxygen atoms in total. The summed E-state index contributed by atoms with van der Waals surface area (Å²) in [6.45, 7) is 2.88. The number of hydrogen-bond acceptors (Lipinski definition) is 7. The number of nitrogens with one attached hydrogen (secondary N) is 1. The van der Waals surface area contributed by atoms with Crippen molar-refractivity contribution in [3.05, 3.63) is 69.5 Å². The third-order valence-corrected chi connectivity index (χ3v) is 7.97. The zero-order valence-electron chi connectivity index (χ0n) is 23.7. The number of halogens is 7. The van der Waals surface area contributed by atoms with Gasteiger partial charge in [0.15, 0.2) is 0 Å². The van der Waals surface area contributed by atoms with Gasteiger partial charge >= 0.3 is 12.5 Å². The van der Waals surface area contributed by atoms with Gasteiger partial charge in [-0.2, -0.15) is 18.3 Å². The number of aromatic nitrogens is 4. The Morgan fingerprint density at radius 3 is 2.40 bits per heavy atom. The molecule has 3 amide bonds. The summed E-state index contributed by atoms with van der Waals surface area (Å²) in [6.07, 6.45) is -7.76. The van der Waals surface area contributed by atoms with E-state index in [4.69, 9.17) is 11.6 Å². The fourth-order valence-corrected chi connectivity index (χ4v) is 5.50. The lowest BCUT2D eigenvalue weighted by Gasteiger charge is -2.37. The number of ether oxygens (including phenoxy) is 1. The molecule has 3 aromatic rings. The van der Waals surface area contributed by atoms with E-state index < -0.39 is 60.0 Å². The summed E-state index contributed by atoms with van der Waals surface area (Å²) in [5, 5.41) is 6.70. The average molecular weight is 660 g/mol. The lowest BCUT2D eigenvalue weighted by Crippen LogP contribution is -2.49. The van der Waals surface area contributed by atoms with Gasteiger partial charge < -0.3 is 19.9 Å². The van der Waals surface area contributed by atoms with E-state index in [-0.39, 0.29) is 41.4 Å². The minimum Gasteiger partial charge on any atom is -0.404 e. The van der Waals surface area contributed by atoms with Gasteiger partial charge in [0.05, 0.1) is 29.8 Å². The molecule has 3 atom stereocenters. The van der Waals surface area contributed by atoms with E-state index >= 15 is 0 Å². The summed E-state index contributed by atoms with van der Waals surface area (Å²) in [5.74, 6) is -3.89. The van der Waals surface area contributed by atoms with Crippen molar-refractivity contribution >= 4 is 29.3 Å². The Morgan fingerprint density at radius 2 is 1.80 bits per heavy atom. The van der Waals surface area contributed by atoms with E-state index in [1.54, 1.807) is 13.8 Å². The molecule has 0 aliphatic carbocycles. The minimum absolute atomic E-state index is 0.00794. The van der Waals surface area contributed by atoms with Crippen LogP contribution in [0.1, 0.15) is 69.4 Å². The molecular weight excluding hydrogens is 636 g/mol. The molecule has 5 rings (SSSR count). The maximum Gasteiger partial charge on any atom is 0.573 e. The number of rotatable bonds is 5. The molecule has 18 heteroatoms. The van der Waals surface area contributed by atoms with Crippen LogP contribution in [0.5, 0.6) is 5.75 Å². The third kappa shape index (κ3) is 6.12. The van der Waals surface area contributed by atoms with Crippen molar-refractivity contribution in [2.75, 3.05) is 13.6 Å². The fraction of sp³-hybridized carbons (Fsp3) is 0.407. The van der Waals surface area contributed by atoms with Crippen molar-refractivity contribution in [1.82, 2.24) is 34.9 Å². The van der Waals surface area contributed by atoms with Gasteiger partial charge in [0, 0.05) is 48.6 Å². The Hall–Kier alpha value is -4.41. The molecule has 1 unspecified atom stereocenters. The maximum absolute atomic E-state index is 14.0. The van der Waals surface area contributed by atoms with Gasteiger partial charge in [-0.3, -0.25) is 14.4 Å². The predicted molar refractivity (Wildman–Crippen MR) is 143 cm³/mol. The van der Waals surface area contributed by atoms with Gasteiger partial charge in [-0.15, -0.1) is 13.2 Å². The van der Waals surface area contributed by atoms with Crippen molar-refractivity contribution in [1.29, 1.82) is 0 Å². The van der Waals surface area contributed by atoms with Crippen LogP contribution in [0, 0.1) is 0 Å². The minimum atomic E-state index is -5.05. The molecule has 2 aromatic heterocycles. The number of alkyl halides is 6. The van der Waals surface area contributed by atoms with Crippen LogP contribution in [0.2, 0.25) is 5.02 Å². The Kier molecular flexibility index (Phi) is 8.18. The third-order valence-electron chi connectivity index (χ3n) is 7.66. The van der Waals surface area contributed by atoms with Crippen LogP contribution < -0.4 is 10.1 Å². The highest BCUT2D eigenvalue weighted by Gasteiger charge is 2.44. The van der Waals surface area contributed by atoms with Crippen molar-refractivity contribution < 1.29 is 45.5 Å². The number of fused-ring (bicyclic) bond motifs is 3. The Balaban J connectivity index is 1.50. The molecule has 1 N–H and O–H groups in total. The molecule has 2 aliphatic heterocycles. The summed E-state index contributed by atoms with van der Waals surface area (Å²) < 4.78 is 82.8. The molecule has 0 radical (unpaired) electrons. The second kappa shape index (κ2) is 11.5. The highest BCUT2D eigenvalue weighted by Crippen LogP contribution is 2.37. The largest absolute Gasteiger partial charge is 0.573 e. The molecule has 2 aliphatic rings. The SMILES string of the molecule is CNC(=O)[C@@H]1CN(C(C)c2cnc(C(F)(F)F)nc2)C(=O)c2c3c(nn21)C[C@@H](C)N(C(=O)c1ccc(Cl)c(OC(F)(F)F)c1)C3. The van der Waals surface area contributed by atoms with Crippen LogP contribution in [0.4, 0.5) is 26.3 Å². The van der Waals surface area contributed by atoms with E-state index in [2.05, 4.69) is 25.1 Å². The number of carbonyl (C=O) groups excluding carboxylic acids is 3. The quantitative estimate of drug-likeness (QED) is 0.405. The van der Waals surface area contributed by atoms with E-state index in [1.807, 2.05) is 0 Å². The van der Waals surface area contributed by atoms with Gasteiger partial charge in [0.2, 0.25) is 11.7 Å². The molecule has 0 saturated carbocycles. The summed E-state index contributed by atoms with van der Waals surface area (Å²) in [6, 6.07) is 0.801. The van der Waals surface area contributed by atoms with Crippen LogP contribution in [-0.4, -0.2) is 73.3 Å². The van der Waals surface area contributed by atoms with Crippen molar-refractivity contribution in [2.45, 2.75) is 57.5 Å². The molecular formula is C27H24ClF6N7O4. The summed E-state index contributed by atoms with van der Waals surface area (Å²) >= 11 is 5.84. The summed E-state index contributed by atoms with van der Waals surface area (Å²) in [7, 11) is 1.39. The van der Waals surface area contributed by atoms with Gasteiger partial charge in [-0.25, -0.2) is 14.6 Å². The van der Waals surface area contributed by atoms with Crippen LogP contribution >= 0.6 is 11.6 Å². The van der Waals surface area contributed by atoms with Crippen molar-refractivity contribution in [3.63, 3.8) is 0 Å². The maximum atomic E-state index is 14.0. The predicted octanol–water partition coefficient (Wildman–Crippen LogP) is 4.34. The molecule has 0 spiro atoms. The van der Waals surface area contributed by atoms with Crippen LogP contribution in [0.25, 0.3) is 0 Å². The second-order valence-corrected chi connectivity index (χ2v) is 10.9. The number of benzene rings is 1. The van der Waals surface area contributed by atoms with Crippen LogP contribution in [0.3, 0.4) is 0 Å². The molecule has 45 heavy (non-hydrogen) atoms. The zero-order valence-corrected chi connectivity index (χ0v) is 24.5. The molecule has 0 saturated heterocycles. The van der Waals surface area contributed by atoms with Gasteiger partial charge in [0.25, 0.3) is 11.8 Å². The van der Waals surface area contributed by atoms with E-state index in [9.17, 15) is 40.7 Å². The number of hydrogen-bond donors (Lipinski definition) is 1. The first kappa shape index (κ1) is 32.0. The van der Waals surface area contributed by atoms with Gasteiger partial charge in [-0.05, 0) is 32.0 Å². The molecule has 0 fully saturated rings. The molecule has 1 aromatic carbocycles. The Bertz CT molecular complexity index is 1660. The lowest BCUT2D eigenvalue weighted by molar-refractivity contribution is -0.274. The van der Waals surface area contributed by atoms with E-state index in [1.165, 1.54) is 27.6 Å². The van der Waals surface area contributed by atoms with Crippen molar-refractivity contribution in [2.24, 2.45) is 0 Å².